The van der Waals surface area contributed by atoms with Gasteiger partial charge in [0.05, 0.1) is 16.5 Å². The summed E-state index contributed by atoms with van der Waals surface area (Å²) >= 11 is 1.17. The van der Waals surface area contributed by atoms with Crippen LogP contribution in [0.4, 0.5) is 17.6 Å². The Hall–Kier alpha value is -2.63. The number of ether oxygens (including phenoxy) is 1. The predicted octanol–water partition coefficient (Wildman–Crippen LogP) is 3.59. The first-order valence-electron chi connectivity index (χ1n) is 9.08. The van der Waals surface area contributed by atoms with Gasteiger partial charge in [0.1, 0.15) is 12.6 Å². The van der Waals surface area contributed by atoms with E-state index in [0.717, 1.165) is 18.2 Å². The molecule has 0 saturated carbocycles. The number of halogens is 4. The van der Waals surface area contributed by atoms with Crippen molar-refractivity contribution >= 4 is 22.7 Å². The Morgan fingerprint density at radius 3 is 2.45 bits per heavy atom. The lowest BCUT2D eigenvalue weighted by Gasteiger charge is -2.19. The molecule has 31 heavy (non-hydrogen) atoms. The maximum atomic E-state index is 13.8. The summed E-state index contributed by atoms with van der Waals surface area (Å²) in [6, 6.07) is 5.47. The highest BCUT2D eigenvalue weighted by Gasteiger charge is 2.37. The van der Waals surface area contributed by atoms with Gasteiger partial charge >= 0.3 is 11.9 Å². The minimum absolute atomic E-state index is 0.138. The van der Waals surface area contributed by atoms with Crippen molar-refractivity contribution in [3.63, 3.8) is 0 Å². The summed E-state index contributed by atoms with van der Waals surface area (Å²) in [6.07, 6.45) is -4.17. The van der Waals surface area contributed by atoms with Crippen LogP contribution in [0.15, 0.2) is 44.8 Å². The topological polar surface area (TPSA) is 84.3 Å². The SMILES string of the molecule is COCO.O=c1[nH]c(=O)n2c3c(c(-c4ccc(F)cc4)c(C(F)(F)F)cc13)SCCC2. The number of methoxy groups -OCH3 is 1. The molecule has 1 aliphatic rings. The number of thioether (sulfide) groups is 1. The third-order valence-corrected chi connectivity index (χ3v) is 5.75. The van der Waals surface area contributed by atoms with Crippen molar-refractivity contribution in [3.8, 4) is 11.1 Å². The molecule has 0 spiro atoms. The van der Waals surface area contributed by atoms with E-state index in [1.54, 1.807) is 0 Å². The Bertz CT molecular complexity index is 1200. The molecule has 0 saturated heterocycles. The molecule has 0 bridgehead atoms. The van der Waals surface area contributed by atoms with Gasteiger partial charge in [-0.3, -0.25) is 14.3 Å². The molecular weight excluding hydrogens is 440 g/mol. The number of rotatable bonds is 2. The Balaban J connectivity index is 0.000000628. The number of alkyl halides is 3. The van der Waals surface area contributed by atoms with E-state index in [2.05, 4.69) is 9.72 Å². The van der Waals surface area contributed by atoms with Crippen molar-refractivity contribution in [3.05, 3.63) is 62.6 Å². The van der Waals surface area contributed by atoms with Crippen molar-refractivity contribution in [2.24, 2.45) is 0 Å². The smallest absolute Gasteiger partial charge is 0.371 e. The second-order valence-corrected chi connectivity index (χ2v) is 7.66. The third kappa shape index (κ3) is 4.68. The zero-order chi connectivity index (χ0) is 22.8. The van der Waals surface area contributed by atoms with Gasteiger partial charge in [-0.25, -0.2) is 9.18 Å². The highest BCUT2D eigenvalue weighted by molar-refractivity contribution is 7.99. The fourth-order valence-corrected chi connectivity index (χ4v) is 4.51. The Kier molecular flexibility index (Phi) is 6.87. The van der Waals surface area contributed by atoms with E-state index in [1.807, 2.05) is 0 Å². The second-order valence-electron chi connectivity index (χ2n) is 6.56. The number of aromatic nitrogens is 2. The fourth-order valence-electron chi connectivity index (χ4n) is 3.30. The molecule has 1 aromatic heterocycles. The third-order valence-electron chi connectivity index (χ3n) is 4.58. The van der Waals surface area contributed by atoms with E-state index in [4.69, 9.17) is 5.11 Å². The minimum Gasteiger partial charge on any atom is -0.371 e. The largest absolute Gasteiger partial charge is 0.417 e. The summed E-state index contributed by atoms with van der Waals surface area (Å²) in [4.78, 5) is 26.8. The number of aliphatic hydroxyl groups excluding tert-OH is 1. The summed E-state index contributed by atoms with van der Waals surface area (Å²) in [6.45, 7) is 0.111. The number of aromatic amines is 1. The molecule has 3 aromatic rings. The molecule has 0 amide bonds. The molecule has 0 unspecified atom stereocenters. The van der Waals surface area contributed by atoms with Gasteiger partial charge in [0.15, 0.2) is 0 Å². The number of hydrogen-bond donors (Lipinski definition) is 2. The average molecular weight is 458 g/mol. The number of benzene rings is 2. The molecular formula is C20H18F4N2O4S. The van der Waals surface area contributed by atoms with Crippen molar-refractivity contribution in [1.29, 1.82) is 0 Å². The highest BCUT2D eigenvalue weighted by atomic mass is 32.2. The molecule has 1 aliphatic heterocycles. The zero-order valence-electron chi connectivity index (χ0n) is 16.3. The minimum atomic E-state index is -4.73. The van der Waals surface area contributed by atoms with Gasteiger partial charge in [-0.15, -0.1) is 11.8 Å². The molecule has 2 aromatic carbocycles. The van der Waals surface area contributed by atoms with E-state index in [9.17, 15) is 27.2 Å². The number of H-pyrrole nitrogens is 1. The predicted molar refractivity (Wildman–Crippen MR) is 109 cm³/mol. The molecule has 0 atom stereocenters. The summed E-state index contributed by atoms with van der Waals surface area (Å²) in [7, 11) is 1.43. The number of aryl methyl sites for hydroxylation is 1. The van der Waals surface area contributed by atoms with Crippen molar-refractivity contribution in [2.75, 3.05) is 19.7 Å². The van der Waals surface area contributed by atoms with Crippen LogP contribution in [-0.4, -0.2) is 34.3 Å². The van der Waals surface area contributed by atoms with E-state index < -0.39 is 28.8 Å². The molecule has 4 rings (SSSR count). The molecule has 6 nitrogen and oxygen atoms in total. The number of nitrogens with zero attached hydrogens (tertiary/aromatic N) is 1. The van der Waals surface area contributed by atoms with Crippen LogP contribution >= 0.6 is 11.8 Å². The van der Waals surface area contributed by atoms with Crippen LogP contribution in [0.25, 0.3) is 22.0 Å². The van der Waals surface area contributed by atoms with Crippen LogP contribution < -0.4 is 11.2 Å². The van der Waals surface area contributed by atoms with Crippen LogP contribution in [0.3, 0.4) is 0 Å². The van der Waals surface area contributed by atoms with Crippen molar-refractivity contribution < 1.29 is 27.4 Å². The monoisotopic (exact) mass is 458 g/mol. The van der Waals surface area contributed by atoms with E-state index in [-0.39, 0.29) is 33.7 Å². The van der Waals surface area contributed by atoms with Gasteiger partial charge in [0.2, 0.25) is 0 Å². The first kappa shape index (κ1) is 23.0. The molecule has 0 fully saturated rings. The summed E-state index contributed by atoms with van der Waals surface area (Å²) in [5.41, 5.74) is -2.26. The van der Waals surface area contributed by atoms with Crippen LogP contribution in [0, 0.1) is 5.82 Å². The van der Waals surface area contributed by atoms with E-state index in [1.165, 1.54) is 35.6 Å². The maximum absolute atomic E-state index is 13.8. The molecule has 2 N–H and O–H groups in total. The van der Waals surface area contributed by atoms with Gasteiger partial charge in [-0.1, -0.05) is 12.1 Å². The van der Waals surface area contributed by atoms with Crippen LogP contribution in [0.1, 0.15) is 12.0 Å². The second kappa shape index (κ2) is 9.25. The quantitative estimate of drug-likeness (QED) is 0.453. The lowest BCUT2D eigenvalue weighted by molar-refractivity contribution is -0.137. The highest BCUT2D eigenvalue weighted by Crippen LogP contribution is 2.46. The van der Waals surface area contributed by atoms with Crippen LogP contribution in [0.5, 0.6) is 0 Å². The average Bonchev–Trinajstić information content (AvgIpc) is 2.95. The normalized spacial score (nSPS) is 13.5. The molecule has 11 heteroatoms. The lowest BCUT2D eigenvalue weighted by Crippen LogP contribution is -2.30. The van der Waals surface area contributed by atoms with Crippen molar-refractivity contribution in [2.45, 2.75) is 24.0 Å². The number of hydrogen-bond acceptors (Lipinski definition) is 5. The van der Waals surface area contributed by atoms with Crippen molar-refractivity contribution in [1.82, 2.24) is 9.55 Å². The summed E-state index contributed by atoms with van der Waals surface area (Å²) in [5.74, 6) is -0.0834. The first-order chi connectivity index (χ1) is 14.7. The summed E-state index contributed by atoms with van der Waals surface area (Å²) < 4.78 is 60.2. The fraction of sp³-hybridized carbons (Fsp3) is 0.300. The Morgan fingerprint density at radius 2 is 1.87 bits per heavy atom. The van der Waals surface area contributed by atoms with Gasteiger partial charge in [0, 0.05) is 24.1 Å². The van der Waals surface area contributed by atoms with E-state index >= 15 is 0 Å². The maximum Gasteiger partial charge on any atom is 0.417 e. The van der Waals surface area contributed by atoms with Gasteiger partial charge in [0.25, 0.3) is 5.56 Å². The van der Waals surface area contributed by atoms with Gasteiger partial charge < -0.3 is 9.84 Å². The molecule has 2 heterocycles. The van der Waals surface area contributed by atoms with Crippen LogP contribution in [0.2, 0.25) is 0 Å². The standard InChI is InChI=1S/C18H12F4N2O2S.C2H6O2/c19-10-4-2-9(3-5-10)13-12(18(20,21)22)8-11-14-15(13)27-7-1-6-24(14)17(26)23-16(11)25;1-4-2-3/h2-5,8H,1,6-7H2,(H,23,25,26);3H,2H2,1H3. The Morgan fingerprint density at radius 1 is 1.23 bits per heavy atom. The number of nitrogens with one attached hydrogen (secondary N) is 1. The lowest BCUT2D eigenvalue weighted by atomic mass is 9.96. The molecule has 166 valence electrons. The van der Waals surface area contributed by atoms with Gasteiger partial charge in [-0.05, 0) is 35.9 Å². The molecule has 0 radical (unpaired) electrons. The first-order valence-corrected chi connectivity index (χ1v) is 10.1. The van der Waals surface area contributed by atoms with Crippen LogP contribution in [-0.2, 0) is 17.5 Å². The van der Waals surface area contributed by atoms with E-state index in [0.29, 0.717) is 18.7 Å². The molecule has 0 aliphatic carbocycles. The summed E-state index contributed by atoms with van der Waals surface area (Å²) in [5, 5.41) is 7.47. The zero-order valence-corrected chi connectivity index (χ0v) is 17.1. The number of aliphatic hydroxyl groups is 1. The Labute approximate surface area is 177 Å². The van der Waals surface area contributed by atoms with Gasteiger partial charge in [-0.2, -0.15) is 13.2 Å².